The van der Waals surface area contributed by atoms with Crippen LogP contribution in [-0.4, -0.2) is 17.9 Å². The second kappa shape index (κ2) is 8.13. The van der Waals surface area contributed by atoms with Crippen molar-refractivity contribution in [3.63, 3.8) is 0 Å². The van der Waals surface area contributed by atoms with Crippen molar-refractivity contribution in [3.8, 4) is 0 Å². The van der Waals surface area contributed by atoms with Gasteiger partial charge in [0.05, 0.1) is 0 Å². The van der Waals surface area contributed by atoms with Crippen LogP contribution < -0.4 is 11.1 Å². The van der Waals surface area contributed by atoms with Crippen LogP contribution >= 0.6 is 0 Å². The van der Waals surface area contributed by atoms with Crippen molar-refractivity contribution in [2.75, 3.05) is 0 Å². The maximum absolute atomic E-state index is 12.1. The molecule has 0 aliphatic heterocycles. The van der Waals surface area contributed by atoms with Gasteiger partial charge in [0.1, 0.15) is 6.04 Å². The molecule has 0 radical (unpaired) electrons. The molecule has 0 aromatic heterocycles. The number of carbonyl (C=O) groups excluding carboxylic acids is 2. The highest BCUT2D eigenvalue weighted by atomic mass is 16.2. The van der Waals surface area contributed by atoms with Crippen LogP contribution in [0.3, 0.4) is 0 Å². The lowest BCUT2D eigenvalue weighted by molar-refractivity contribution is -0.127. The van der Waals surface area contributed by atoms with Crippen LogP contribution in [-0.2, 0) is 22.4 Å². The molecule has 0 aliphatic carbocycles. The van der Waals surface area contributed by atoms with Gasteiger partial charge in [0, 0.05) is 12.8 Å². The summed E-state index contributed by atoms with van der Waals surface area (Å²) in [6, 6.07) is 16.9. The summed E-state index contributed by atoms with van der Waals surface area (Å²) in [7, 11) is 0. The summed E-state index contributed by atoms with van der Waals surface area (Å²) in [6.07, 6.45) is 1.39. The average molecular weight is 310 g/mol. The molecule has 23 heavy (non-hydrogen) atoms. The summed E-state index contributed by atoms with van der Waals surface area (Å²) < 4.78 is 0. The summed E-state index contributed by atoms with van der Waals surface area (Å²) in [5, 5.41) is 2.74. The first kappa shape index (κ1) is 16.7. The molecule has 4 nitrogen and oxygen atoms in total. The topological polar surface area (TPSA) is 72.2 Å². The Hall–Kier alpha value is -2.62. The lowest BCUT2D eigenvalue weighted by Gasteiger charge is -2.16. The molecule has 0 heterocycles. The molecule has 0 bridgehead atoms. The van der Waals surface area contributed by atoms with Crippen LogP contribution in [0, 0.1) is 6.92 Å². The van der Waals surface area contributed by atoms with Crippen LogP contribution in [0.25, 0.3) is 0 Å². The smallest absolute Gasteiger partial charge is 0.240 e. The van der Waals surface area contributed by atoms with Crippen LogP contribution in [0.4, 0.5) is 0 Å². The second-order valence-corrected chi connectivity index (χ2v) is 5.70. The molecule has 0 spiro atoms. The minimum atomic E-state index is -0.680. The first-order valence-corrected chi connectivity index (χ1v) is 7.73. The Bertz CT molecular complexity index is 651. The average Bonchev–Trinajstić information content (AvgIpc) is 2.55. The van der Waals surface area contributed by atoms with Crippen LogP contribution in [0.2, 0.25) is 0 Å². The summed E-state index contributed by atoms with van der Waals surface area (Å²) in [5.41, 5.74) is 8.63. The monoisotopic (exact) mass is 310 g/mol. The third-order valence-corrected chi connectivity index (χ3v) is 3.72. The number of rotatable bonds is 7. The molecule has 0 saturated carbocycles. The molecule has 2 aromatic rings. The number of amides is 2. The summed E-state index contributed by atoms with van der Waals surface area (Å²) in [5.74, 6) is -0.677. The molecule has 2 rings (SSSR count). The van der Waals surface area contributed by atoms with E-state index in [2.05, 4.69) is 5.32 Å². The lowest BCUT2D eigenvalue weighted by Crippen LogP contribution is -2.45. The molecule has 0 fully saturated rings. The van der Waals surface area contributed by atoms with Crippen LogP contribution in [0.5, 0.6) is 0 Å². The van der Waals surface area contributed by atoms with E-state index in [4.69, 9.17) is 5.73 Å². The minimum Gasteiger partial charge on any atom is -0.368 e. The molecule has 0 saturated heterocycles. The quantitative estimate of drug-likeness (QED) is 0.822. The number of aryl methyl sites for hydroxylation is 2. The number of hydrogen-bond donors (Lipinski definition) is 2. The van der Waals surface area contributed by atoms with E-state index in [0.717, 1.165) is 16.7 Å². The fraction of sp³-hybridized carbons (Fsp3) is 0.263. The Kier molecular flexibility index (Phi) is 5.92. The summed E-state index contributed by atoms with van der Waals surface area (Å²) >= 11 is 0. The maximum Gasteiger partial charge on any atom is 0.240 e. The highest BCUT2D eigenvalue weighted by molar-refractivity contribution is 5.86. The number of benzene rings is 2. The van der Waals surface area contributed by atoms with Crippen molar-refractivity contribution in [1.29, 1.82) is 0 Å². The van der Waals surface area contributed by atoms with Gasteiger partial charge in [-0.15, -0.1) is 0 Å². The van der Waals surface area contributed by atoms with Gasteiger partial charge in [-0.1, -0.05) is 60.2 Å². The standard InChI is InChI=1S/C19H22N2O2/c1-14-7-9-16(10-8-14)13-17(19(20)23)21-18(22)12-11-15-5-3-2-4-6-15/h2-10,17H,11-13H2,1H3,(H2,20,23)(H,21,22)/t17-/m1/s1. The van der Waals surface area contributed by atoms with Crippen molar-refractivity contribution >= 4 is 11.8 Å². The van der Waals surface area contributed by atoms with E-state index in [1.165, 1.54) is 0 Å². The number of nitrogens with one attached hydrogen (secondary N) is 1. The Morgan fingerprint density at radius 1 is 1.00 bits per heavy atom. The number of carbonyl (C=O) groups is 2. The predicted octanol–water partition coefficient (Wildman–Crippen LogP) is 2.14. The zero-order valence-electron chi connectivity index (χ0n) is 13.3. The van der Waals surface area contributed by atoms with E-state index in [1.54, 1.807) is 0 Å². The van der Waals surface area contributed by atoms with Crippen LogP contribution in [0.15, 0.2) is 54.6 Å². The SMILES string of the molecule is Cc1ccc(C[C@@H](NC(=O)CCc2ccccc2)C(N)=O)cc1. The Morgan fingerprint density at radius 2 is 1.65 bits per heavy atom. The number of hydrogen-bond acceptors (Lipinski definition) is 2. The predicted molar refractivity (Wildman–Crippen MR) is 90.8 cm³/mol. The fourth-order valence-electron chi connectivity index (χ4n) is 2.35. The highest BCUT2D eigenvalue weighted by Gasteiger charge is 2.18. The van der Waals surface area contributed by atoms with Gasteiger partial charge in [-0.05, 0) is 24.5 Å². The fourth-order valence-corrected chi connectivity index (χ4v) is 2.35. The van der Waals surface area contributed by atoms with Gasteiger partial charge in [0.2, 0.25) is 11.8 Å². The number of primary amides is 1. The van der Waals surface area contributed by atoms with Crippen molar-refractivity contribution in [2.45, 2.75) is 32.2 Å². The van der Waals surface area contributed by atoms with E-state index in [0.29, 0.717) is 19.3 Å². The second-order valence-electron chi connectivity index (χ2n) is 5.70. The van der Waals surface area contributed by atoms with Gasteiger partial charge in [0.25, 0.3) is 0 Å². The van der Waals surface area contributed by atoms with Gasteiger partial charge in [-0.3, -0.25) is 9.59 Å². The van der Waals surface area contributed by atoms with E-state index >= 15 is 0 Å². The first-order chi connectivity index (χ1) is 11.0. The molecule has 3 N–H and O–H groups in total. The minimum absolute atomic E-state index is 0.162. The summed E-state index contributed by atoms with van der Waals surface area (Å²) in [4.78, 5) is 23.6. The lowest BCUT2D eigenvalue weighted by atomic mass is 10.0. The van der Waals surface area contributed by atoms with Crippen molar-refractivity contribution in [1.82, 2.24) is 5.32 Å². The number of nitrogens with two attached hydrogens (primary N) is 1. The molecule has 1 atom stereocenters. The van der Waals surface area contributed by atoms with Crippen molar-refractivity contribution < 1.29 is 9.59 Å². The molecule has 0 aliphatic rings. The zero-order chi connectivity index (χ0) is 16.7. The van der Waals surface area contributed by atoms with E-state index in [1.807, 2.05) is 61.5 Å². The van der Waals surface area contributed by atoms with Gasteiger partial charge >= 0.3 is 0 Å². The molecule has 4 heteroatoms. The van der Waals surface area contributed by atoms with Gasteiger partial charge in [-0.25, -0.2) is 0 Å². The van der Waals surface area contributed by atoms with Gasteiger partial charge in [0.15, 0.2) is 0 Å². The molecule has 0 unspecified atom stereocenters. The first-order valence-electron chi connectivity index (χ1n) is 7.73. The molecule has 2 amide bonds. The van der Waals surface area contributed by atoms with Crippen molar-refractivity contribution in [3.05, 3.63) is 71.3 Å². The van der Waals surface area contributed by atoms with Crippen molar-refractivity contribution in [2.24, 2.45) is 5.73 Å². The van der Waals surface area contributed by atoms with Gasteiger partial charge in [-0.2, -0.15) is 0 Å². The zero-order valence-corrected chi connectivity index (χ0v) is 13.3. The van der Waals surface area contributed by atoms with Crippen LogP contribution in [0.1, 0.15) is 23.1 Å². The molecule has 2 aromatic carbocycles. The normalized spacial score (nSPS) is 11.7. The maximum atomic E-state index is 12.1. The molecular formula is C19H22N2O2. The Morgan fingerprint density at radius 3 is 2.26 bits per heavy atom. The van der Waals surface area contributed by atoms with E-state index in [-0.39, 0.29) is 5.91 Å². The molecule has 120 valence electrons. The largest absolute Gasteiger partial charge is 0.368 e. The van der Waals surface area contributed by atoms with Gasteiger partial charge < -0.3 is 11.1 Å². The third kappa shape index (κ3) is 5.58. The Labute approximate surface area is 136 Å². The van der Waals surface area contributed by atoms with E-state index < -0.39 is 11.9 Å². The van der Waals surface area contributed by atoms with E-state index in [9.17, 15) is 9.59 Å². The molecular weight excluding hydrogens is 288 g/mol. The highest BCUT2D eigenvalue weighted by Crippen LogP contribution is 2.07. The summed E-state index contributed by atoms with van der Waals surface area (Å²) in [6.45, 7) is 2.00. The third-order valence-electron chi connectivity index (χ3n) is 3.72. The Balaban J connectivity index is 1.89.